The van der Waals surface area contributed by atoms with E-state index in [4.69, 9.17) is 0 Å². The minimum Gasteiger partial charge on any atom is -0.316 e. The van der Waals surface area contributed by atoms with E-state index in [1.165, 1.54) is 0 Å². The summed E-state index contributed by atoms with van der Waals surface area (Å²) in [5.41, 5.74) is 3.99. The van der Waals surface area contributed by atoms with Gasteiger partial charge in [0.05, 0.1) is 0 Å². The predicted molar refractivity (Wildman–Crippen MR) is 107 cm³/mol. The van der Waals surface area contributed by atoms with Crippen molar-refractivity contribution in [2.75, 3.05) is 5.32 Å². The smallest absolute Gasteiger partial charge is 0.316 e. The quantitative estimate of drug-likeness (QED) is 0.685. The highest BCUT2D eigenvalue weighted by Gasteiger charge is 2.17. The Morgan fingerprint density at radius 3 is 2.37 bits per heavy atom. The van der Waals surface area contributed by atoms with Gasteiger partial charge in [0, 0.05) is 43.6 Å². The third kappa shape index (κ3) is 5.14. The van der Waals surface area contributed by atoms with E-state index in [0.29, 0.717) is 19.0 Å². The number of rotatable bonds is 6. The molecule has 2 heterocycles. The maximum Gasteiger partial charge on any atom is 0.322 e. The molecule has 1 N–H and O–H groups in total. The molecule has 0 spiro atoms. The monoisotopic (exact) mass is 360 g/mol. The average molecular weight is 360 g/mol. The Labute approximate surface area is 160 Å². The number of hydrogen-bond acceptors (Lipinski definition) is 3. The zero-order valence-corrected chi connectivity index (χ0v) is 15.7. The predicted octanol–water partition coefficient (Wildman–Crippen LogP) is 4.83. The average Bonchev–Trinajstić information content (AvgIpc) is 2.69. The molecule has 3 rings (SSSR count). The molecule has 138 valence electrons. The summed E-state index contributed by atoms with van der Waals surface area (Å²) in [4.78, 5) is 23.1. The first-order chi connectivity index (χ1) is 13.1. The van der Waals surface area contributed by atoms with Crippen molar-refractivity contribution in [3.8, 4) is 0 Å². The van der Waals surface area contributed by atoms with Gasteiger partial charge in [0.25, 0.3) is 0 Å². The number of benzene rings is 1. The van der Waals surface area contributed by atoms with Crippen LogP contribution in [0.1, 0.15) is 36.5 Å². The Morgan fingerprint density at radius 1 is 0.926 bits per heavy atom. The molecule has 2 amide bonds. The van der Waals surface area contributed by atoms with Gasteiger partial charge in [-0.15, -0.1) is 0 Å². The van der Waals surface area contributed by atoms with Crippen molar-refractivity contribution in [1.82, 2.24) is 14.9 Å². The van der Waals surface area contributed by atoms with Gasteiger partial charge < -0.3 is 10.2 Å². The molecule has 5 nitrogen and oxygen atoms in total. The van der Waals surface area contributed by atoms with E-state index >= 15 is 0 Å². The number of hydrogen-bond donors (Lipinski definition) is 1. The van der Waals surface area contributed by atoms with Crippen molar-refractivity contribution in [2.45, 2.75) is 32.9 Å². The fourth-order valence-electron chi connectivity index (χ4n) is 2.93. The standard InChI is InChI=1S/C22H24N4O/c1-17(2)20-7-3-4-8-21(20)25-22(27)26(15-18-9-12-23-13-10-18)16-19-6-5-11-24-14-19/h3-14,17H,15-16H2,1-2H3,(H,25,27). The number of carbonyl (C=O) groups is 1. The van der Waals surface area contributed by atoms with Gasteiger partial charge in [-0.2, -0.15) is 0 Å². The summed E-state index contributed by atoms with van der Waals surface area (Å²) < 4.78 is 0. The molecule has 1 aromatic carbocycles. The number of para-hydroxylation sites is 1. The van der Waals surface area contributed by atoms with Gasteiger partial charge in [0.15, 0.2) is 0 Å². The van der Waals surface area contributed by atoms with Crippen LogP contribution in [0.4, 0.5) is 10.5 Å². The zero-order valence-electron chi connectivity index (χ0n) is 15.7. The lowest BCUT2D eigenvalue weighted by molar-refractivity contribution is 0.206. The summed E-state index contributed by atoms with van der Waals surface area (Å²) in [6, 6.07) is 15.5. The second-order valence-electron chi connectivity index (χ2n) is 6.74. The van der Waals surface area contributed by atoms with E-state index in [1.54, 1.807) is 29.7 Å². The van der Waals surface area contributed by atoms with Crippen LogP contribution >= 0.6 is 0 Å². The third-order valence-corrected chi connectivity index (χ3v) is 4.33. The molecular formula is C22H24N4O. The van der Waals surface area contributed by atoms with Crippen LogP contribution in [0, 0.1) is 0 Å². The van der Waals surface area contributed by atoms with Crippen LogP contribution in [-0.2, 0) is 13.1 Å². The Hall–Kier alpha value is -3.21. The molecule has 27 heavy (non-hydrogen) atoms. The summed E-state index contributed by atoms with van der Waals surface area (Å²) in [6.45, 7) is 5.21. The maximum atomic E-state index is 13.1. The Bertz CT molecular complexity index is 824. The van der Waals surface area contributed by atoms with Gasteiger partial charge in [-0.25, -0.2) is 4.79 Å². The van der Waals surface area contributed by atoms with Crippen LogP contribution in [0.3, 0.4) is 0 Å². The van der Waals surface area contributed by atoms with E-state index < -0.39 is 0 Å². The van der Waals surface area contributed by atoms with E-state index in [0.717, 1.165) is 22.4 Å². The normalized spacial score (nSPS) is 10.6. The number of pyridine rings is 2. The van der Waals surface area contributed by atoms with Crippen molar-refractivity contribution in [3.63, 3.8) is 0 Å². The molecule has 0 saturated heterocycles. The summed E-state index contributed by atoms with van der Waals surface area (Å²) in [5, 5.41) is 3.08. The highest BCUT2D eigenvalue weighted by molar-refractivity contribution is 5.90. The number of urea groups is 1. The lowest BCUT2D eigenvalue weighted by Gasteiger charge is -2.24. The van der Waals surface area contributed by atoms with Crippen LogP contribution in [0.5, 0.6) is 0 Å². The van der Waals surface area contributed by atoms with Gasteiger partial charge >= 0.3 is 6.03 Å². The zero-order chi connectivity index (χ0) is 19.1. The largest absolute Gasteiger partial charge is 0.322 e. The first-order valence-electron chi connectivity index (χ1n) is 9.06. The number of nitrogens with zero attached hydrogens (tertiary/aromatic N) is 3. The molecule has 2 aromatic heterocycles. The summed E-state index contributed by atoms with van der Waals surface area (Å²) >= 11 is 0. The van der Waals surface area contributed by atoms with Crippen molar-refractivity contribution >= 4 is 11.7 Å². The minimum atomic E-state index is -0.135. The number of nitrogens with one attached hydrogen (secondary N) is 1. The fourth-order valence-corrected chi connectivity index (χ4v) is 2.93. The maximum absolute atomic E-state index is 13.1. The molecule has 0 bridgehead atoms. The Kier molecular flexibility index (Phi) is 6.15. The second kappa shape index (κ2) is 8.94. The topological polar surface area (TPSA) is 58.1 Å². The lowest BCUT2D eigenvalue weighted by atomic mass is 10.0. The van der Waals surface area contributed by atoms with Gasteiger partial charge in [0.1, 0.15) is 0 Å². The van der Waals surface area contributed by atoms with Gasteiger partial charge in [0.2, 0.25) is 0 Å². The first-order valence-corrected chi connectivity index (χ1v) is 9.06. The molecule has 0 fully saturated rings. The molecule has 0 aliphatic heterocycles. The molecule has 3 aromatic rings. The Balaban J connectivity index is 1.82. The fraction of sp³-hybridized carbons (Fsp3) is 0.227. The van der Waals surface area contributed by atoms with Gasteiger partial charge in [-0.1, -0.05) is 38.1 Å². The molecule has 0 saturated carbocycles. The molecule has 0 aliphatic carbocycles. The van der Waals surface area contributed by atoms with Crippen LogP contribution in [0.25, 0.3) is 0 Å². The van der Waals surface area contributed by atoms with Crippen LogP contribution in [0.2, 0.25) is 0 Å². The van der Waals surface area contributed by atoms with Crippen molar-refractivity contribution in [3.05, 3.63) is 90.0 Å². The molecule has 0 unspecified atom stereocenters. The first kappa shape index (κ1) is 18.6. The SMILES string of the molecule is CC(C)c1ccccc1NC(=O)N(Cc1ccncc1)Cc1cccnc1. The highest BCUT2D eigenvalue weighted by Crippen LogP contribution is 2.24. The van der Waals surface area contributed by atoms with Crippen molar-refractivity contribution in [2.24, 2.45) is 0 Å². The molecule has 0 atom stereocenters. The van der Waals surface area contributed by atoms with Crippen LogP contribution < -0.4 is 5.32 Å². The van der Waals surface area contributed by atoms with E-state index in [9.17, 15) is 4.79 Å². The van der Waals surface area contributed by atoms with Gasteiger partial charge in [-0.3, -0.25) is 9.97 Å². The minimum absolute atomic E-state index is 0.135. The summed E-state index contributed by atoms with van der Waals surface area (Å²) in [6.07, 6.45) is 7.00. The second-order valence-corrected chi connectivity index (χ2v) is 6.74. The molecular weight excluding hydrogens is 336 g/mol. The molecule has 0 aliphatic rings. The molecule has 0 radical (unpaired) electrons. The van der Waals surface area contributed by atoms with Crippen LogP contribution in [-0.4, -0.2) is 20.9 Å². The van der Waals surface area contributed by atoms with E-state index in [-0.39, 0.29) is 6.03 Å². The number of anilines is 1. The number of aromatic nitrogens is 2. The number of carbonyl (C=O) groups excluding carboxylic acids is 1. The van der Waals surface area contributed by atoms with Crippen LogP contribution in [0.15, 0.2) is 73.3 Å². The molecule has 5 heteroatoms. The lowest BCUT2D eigenvalue weighted by Crippen LogP contribution is -2.34. The Morgan fingerprint density at radius 2 is 1.67 bits per heavy atom. The van der Waals surface area contributed by atoms with Crippen molar-refractivity contribution in [1.29, 1.82) is 0 Å². The summed E-state index contributed by atoms with van der Waals surface area (Å²) in [5.74, 6) is 0.327. The number of amides is 2. The summed E-state index contributed by atoms with van der Waals surface area (Å²) in [7, 11) is 0. The van der Waals surface area contributed by atoms with Gasteiger partial charge in [-0.05, 0) is 46.9 Å². The third-order valence-electron chi connectivity index (χ3n) is 4.33. The van der Waals surface area contributed by atoms with E-state index in [1.807, 2.05) is 42.5 Å². The highest BCUT2D eigenvalue weighted by atomic mass is 16.2. The van der Waals surface area contributed by atoms with Crippen molar-refractivity contribution < 1.29 is 4.79 Å². The van der Waals surface area contributed by atoms with E-state index in [2.05, 4.69) is 35.2 Å².